The summed E-state index contributed by atoms with van der Waals surface area (Å²) in [6.45, 7) is 0.379. The van der Waals surface area contributed by atoms with Gasteiger partial charge in [0.25, 0.3) is 5.91 Å². The minimum Gasteiger partial charge on any atom is -0.368 e. The van der Waals surface area contributed by atoms with Crippen LogP contribution in [0.25, 0.3) is 0 Å². The maximum Gasteiger partial charge on any atom is 0.267 e. The minimum atomic E-state index is -0.658. The Morgan fingerprint density at radius 1 is 1.20 bits per heavy atom. The highest BCUT2D eigenvalue weighted by molar-refractivity contribution is 9.10. The Bertz CT molecular complexity index is 823. The van der Waals surface area contributed by atoms with Crippen LogP contribution in [0.2, 0.25) is 0 Å². The maximum atomic E-state index is 12.4. The fourth-order valence-corrected chi connectivity index (χ4v) is 3.07. The zero-order chi connectivity index (χ0) is 17.8. The smallest absolute Gasteiger partial charge is 0.267 e. The second-order valence-electron chi connectivity index (χ2n) is 5.66. The van der Waals surface area contributed by atoms with E-state index in [-0.39, 0.29) is 12.3 Å². The zero-order valence-electron chi connectivity index (χ0n) is 13.4. The third kappa shape index (κ3) is 4.06. The molecule has 1 aliphatic rings. The number of hydrogen-bond donors (Lipinski definition) is 2. The molecule has 7 heteroatoms. The molecule has 0 fully saturated rings. The summed E-state index contributed by atoms with van der Waals surface area (Å²) in [7, 11) is 0. The summed E-state index contributed by atoms with van der Waals surface area (Å²) < 4.78 is 0.946. The lowest BCUT2D eigenvalue weighted by Gasteiger charge is -2.20. The van der Waals surface area contributed by atoms with Crippen LogP contribution in [0, 0.1) is 0 Å². The first-order chi connectivity index (χ1) is 12.0. The van der Waals surface area contributed by atoms with E-state index in [0.717, 1.165) is 15.7 Å². The van der Waals surface area contributed by atoms with E-state index in [1.807, 2.05) is 54.6 Å². The van der Waals surface area contributed by atoms with Gasteiger partial charge in [0.15, 0.2) is 0 Å². The number of hydrazone groups is 1. The number of anilines is 1. The van der Waals surface area contributed by atoms with Crippen LogP contribution < -0.4 is 16.1 Å². The van der Waals surface area contributed by atoms with Crippen LogP contribution >= 0.6 is 15.9 Å². The number of rotatable bonds is 5. The fourth-order valence-electron chi connectivity index (χ4n) is 2.62. The number of amides is 2. The van der Waals surface area contributed by atoms with E-state index < -0.39 is 11.9 Å². The van der Waals surface area contributed by atoms with E-state index in [0.29, 0.717) is 12.3 Å². The number of carbonyl (C=O) groups excluding carboxylic acids is 2. The number of para-hydroxylation sites is 1. The number of primary amides is 1. The molecular formula is C18H17BrN4O2. The van der Waals surface area contributed by atoms with Crippen molar-refractivity contribution in [1.82, 2.24) is 5.32 Å². The van der Waals surface area contributed by atoms with Crippen LogP contribution in [0.15, 0.2) is 64.2 Å². The Hall–Kier alpha value is -2.67. The average molecular weight is 401 g/mol. The Kier molecular flexibility index (Phi) is 5.14. The monoisotopic (exact) mass is 400 g/mol. The largest absolute Gasteiger partial charge is 0.368 e. The molecule has 2 amide bonds. The highest BCUT2D eigenvalue weighted by atomic mass is 79.9. The molecule has 1 aliphatic heterocycles. The van der Waals surface area contributed by atoms with Crippen LogP contribution in [0.4, 0.5) is 5.69 Å². The van der Waals surface area contributed by atoms with Gasteiger partial charge in [0, 0.05) is 17.4 Å². The standard InChI is InChI=1S/C18H17BrN4O2/c19-13-6-4-5-12(9-13)11-21-18(25)15-10-16(17(20)24)23(22-15)14-7-2-1-3-8-14/h1-9,16H,10-11H2,(H2,20,24)(H,21,25). The van der Waals surface area contributed by atoms with Crippen molar-refractivity contribution >= 4 is 39.1 Å². The second-order valence-corrected chi connectivity index (χ2v) is 6.58. The highest BCUT2D eigenvalue weighted by Crippen LogP contribution is 2.24. The Morgan fingerprint density at radius 3 is 2.64 bits per heavy atom. The molecule has 0 radical (unpaired) electrons. The molecule has 0 saturated heterocycles. The predicted octanol–water partition coefficient (Wildman–Crippen LogP) is 2.19. The SMILES string of the molecule is NC(=O)C1CC(C(=O)NCc2cccc(Br)c2)=NN1c1ccccc1. The number of carbonyl (C=O) groups is 2. The summed E-state index contributed by atoms with van der Waals surface area (Å²) >= 11 is 3.40. The minimum absolute atomic E-state index is 0.189. The van der Waals surface area contributed by atoms with E-state index in [2.05, 4.69) is 26.3 Å². The molecule has 0 aliphatic carbocycles. The van der Waals surface area contributed by atoms with Crippen LogP contribution in [0.3, 0.4) is 0 Å². The molecule has 2 aromatic carbocycles. The molecular weight excluding hydrogens is 384 g/mol. The van der Waals surface area contributed by atoms with Crippen LogP contribution in [-0.4, -0.2) is 23.6 Å². The molecule has 3 N–H and O–H groups in total. The first-order valence-corrected chi connectivity index (χ1v) is 8.57. The van der Waals surface area contributed by atoms with Crippen molar-refractivity contribution in [3.8, 4) is 0 Å². The van der Waals surface area contributed by atoms with Gasteiger partial charge in [0.1, 0.15) is 11.8 Å². The number of halogens is 1. The van der Waals surface area contributed by atoms with Crippen molar-refractivity contribution in [2.24, 2.45) is 10.8 Å². The molecule has 0 saturated carbocycles. The third-order valence-electron chi connectivity index (χ3n) is 3.86. The van der Waals surface area contributed by atoms with Crippen LogP contribution in [-0.2, 0) is 16.1 Å². The summed E-state index contributed by atoms with van der Waals surface area (Å²) in [5, 5.41) is 8.66. The molecule has 128 valence electrons. The fraction of sp³-hybridized carbons (Fsp3) is 0.167. The van der Waals surface area contributed by atoms with Crippen molar-refractivity contribution in [3.05, 3.63) is 64.6 Å². The molecule has 1 heterocycles. The van der Waals surface area contributed by atoms with Gasteiger partial charge in [-0.05, 0) is 29.8 Å². The number of hydrogen-bond acceptors (Lipinski definition) is 4. The molecule has 0 bridgehead atoms. The van der Waals surface area contributed by atoms with E-state index in [1.54, 1.807) is 0 Å². The van der Waals surface area contributed by atoms with E-state index >= 15 is 0 Å². The predicted molar refractivity (Wildman–Crippen MR) is 99.9 cm³/mol. The molecule has 0 spiro atoms. The van der Waals surface area contributed by atoms with Gasteiger partial charge in [0.05, 0.1) is 5.69 Å². The number of nitrogens with one attached hydrogen (secondary N) is 1. The average Bonchev–Trinajstić information content (AvgIpc) is 3.06. The summed E-state index contributed by atoms with van der Waals surface area (Å²) in [5.41, 5.74) is 7.46. The van der Waals surface area contributed by atoms with Gasteiger partial charge in [0.2, 0.25) is 5.91 Å². The molecule has 2 aromatic rings. The number of benzene rings is 2. The van der Waals surface area contributed by atoms with Crippen molar-refractivity contribution in [2.45, 2.75) is 19.0 Å². The van der Waals surface area contributed by atoms with Crippen molar-refractivity contribution in [2.75, 3.05) is 5.01 Å². The second kappa shape index (κ2) is 7.48. The summed E-state index contributed by atoms with van der Waals surface area (Å²) in [4.78, 5) is 24.2. The van der Waals surface area contributed by atoms with E-state index in [9.17, 15) is 9.59 Å². The van der Waals surface area contributed by atoms with Gasteiger partial charge in [-0.25, -0.2) is 0 Å². The molecule has 0 aromatic heterocycles. The highest BCUT2D eigenvalue weighted by Gasteiger charge is 2.34. The van der Waals surface area contributed by atoms with Crippen LogP contribution in [0.1, 0.15) is 12.0 Å². The molecule has 25 heavy (non-hydrogen) atoms. The lowest BCUT2D eigenvalue weighted by molar-refractivity contribution is -0.119. The molecule has 6 nitrogen and oxygen atoms in total. The Morgan fingerprint density at radius 2 is 1.96 bits per heavy atom. The number of nitrogens with two attached hydrogens (primary N) is 1. The van der Waals surface area contributed by atoms with E-state index in [4.69, 9.17) is 5.73 Å². The third-order valence-corrected chi connectivity index (χ3v) is 4.36. The van der Waals surface area contributed by atoms with Gasteiger partial charge in [-0.3, -0.25) is 14.6 Å². The van der Waals surface area contributed by atoms with Gasteiger partial charge >= 0.3 is 0 Å². The maximum absolute atomic E-state index is 12.4. The number of nitrogens with zero attached hydrogens (tertiary/aromatic N) is 2. The van der Waals surface area contributed by atoms with Crippen molar-refractivity contribution < 1.29 is 9.59 Å². The topological polar surface area (TPSA) is 87.8 Å². The summed E-state index contributed by atoms with van der Waals surface area (Å²) in [6, 6.07) is 16.2. The van der Waals surface area contributed by atoms with Gasteiger partial charge in [-0.2, -0.15) is 5.10 Å². The first-order valence-electron chi connectivity index (χ1n) is 7.78. The summed E-state index contributed by atoms with van der Waals surface area (Å²) in [5.74, 6) is -0.813. The quantitative estimate of drug-likeness (QED) is 0.805. The van der Waals surface area contributed by atoms with Gasteiger partial charge in [-0.15, -0.1) is 0 Å². The molecule has 1 atom stereocenters. The summed E-state index contributed by atoms with van der Waals surface area (Å²) in [6.07, 6.45) is 0.189. The molecule has 3 rings (SSSR count). The van der Waals surface area contributed by atoms with E-state index in [1.165, 1.54) is 5.01 Å². The lowest BCUT2D eigenvalue weighted by atomic mass is 10.1. The van der Waals surface area contributed by atoms with Crippen LogP contribution in [0.5, 0.6) is 0 Å². The van der Waals surface area contributed by atoms with Crippen molar-refractivity contribution in [1.29, 1.82) is 0 Å². The zero-order valence-corrected chi connectivity index (χ0v) is 14.9. The van der Waals surface area contributed by atoms with Gasteiger partial charge in [-0.1, -0.05) is 46.3 Å². The Balaban J connectivity index is 1.73. The van der Waals surface area contributed by atoms with Crippen molar-refractivity contribution in [3.63, 3.8) is 0 Å². The normalized spacial score (nSPS) is 16.4. The lowest BCUT2D eigenvalue weighted by Crippen LogP contribution is -2.39. The first kappa shape index (κ1) is 17.2. The molecule has 1 unspecified atom stereocenters. The van der Waals surface area contributed by atoms with Gasteiger partial charge < -0.3 is 11.1 Å². The Labute approximate surface area is 153 Å².